The van der Waals surface area contributed by atoms with E-state index in [1.165, 1.54) is 0 Å². The van der Waals surface area contributed by atoms with Gasteiger partial charge in [0.2, 0.25) is 0 Å². The predicted octanol–water partition coefficient (Wildman–Crippen LogP) is 0.952. The Hall–Kier alpha value is -0.760. The number of hydrogen-bond acceptors (Lipinski definition) is 19. The smallest absolute Gasteiger partial charge is 0.0701 e. The summed E-state index contributed by atoms with van der Waals surface area (Å²) in [6.45, 7) is 21.5. The third kappa shape index (κ3) is 55.2. The SMILES string of the molecule is CCOCCOCCOCCOCCOCCOCCOCCOCCOCCOCCOCCOCCOCCOCCOCCOCCOCCOCCOC. The first-order chi connectivity index (χ1) is 28.9. The molecule has 0 unspecified atom stereocenters. The number of ether oxygens (including phenoxy) is 19. The van der Waals surface area contributed by atoms with Crippen molar-refractivity contribution in [1.82, 2.24) is 0 Å². The summed E-state index contributed by atoms with van der Waals surface area (Å²) in [6, 6.07) is 0. The van der Waals surface area contributed by atoms with E-state index in [9.17, 15) is 0 Å². The number of methoxy groups -OCH3 is 1. The lowest BCUT2D eigenvalue weighted by Crippen LogP contribution is -2.16. The lowest BCUT2D eigenvalue weighted by atomic mass is 10.6. The summed E-state index contributed by atoms with van der Waals surface area (Å²) in [4.78, 5) is 0. The van der Waals surface area contributed by atoms with E-state index < -0.39 is 0 Å². The first-order valence-electron chi connectivity index (χ1n) is 20.8. The van der Waals surface area contributed by atoms with E-state index in [4.69, 9.17) is 90.0 Å². The Labute approximate surface area is 348 Å². The Kier molecular flexibility index (Phi) is 55.5. The van der Waals surface area contributed by atoms with Gasteiger partial charge >= 0.3 is 0 Å². The molecule has 0 spiro atoms. The van der Waals surface area contributed by atoms with Crippen LogP contribution < -0.4 is 0 Å². The molecule has 0 aromatic carbocycles. The molecule has 0 fully saturated rings. The average Bonchev–Trinajstić information content (AvgIpc) is 3.23. The molecule has 0 radical (unpaired) electrons. The first-order valence-corrected chi connectivity index (χ1v) is 20.8. The fraction of sp³-hybridized carbons (Fsp3) is 1.00. The van der Waals surface area contributed by atoms with E-state index in [2.05, 4.69) is 0 Å². The van der Waals surface area contributed by atoms with Crippen LogP contribution in [0.3, 0.4) is 0 Å². The molecule has 350 valence electrons. The third-order valence-corrected chi connectivity index (χ3v) is 6.96. The monoisotopic (exact) mass is 853 g/mol. The molecule has 0 aliphatic heterocycles. The van der Waals surface area contributed by atoms with Gasteiger partial charge in [-0.05, 0) is 6.92 Å². The van der Waals surface area contributed by atoms with E-state index >= 15 is 0 Å². The van der Waals surface area contributed by atoms with Gasteiger partial charge in [0.15, 0.2) is 0 Å². The van der Waals surface area contributed by atoms with E-state index in [0.29, 0.717) is 244 Å². The van der Waals surface area contributed by atoms with Gasteiger partial charge < -0.3 is 90.0 Å². The molecular formula is C39H80O19. The summed E-state index contributed by atoms with van der Waals surface area (Å²) in [5.41, 5.74) is 0. The molecule has 58 heavy (non-hydrogen) atoms. The van der Waals surface area contributed by atoms with Gasteiger partial charge in [0, 0.05) is 13.7 Å². The molecule has 0 aromatic heterocycles. The maximum absolute atomic E-state index is 5.50. The molecule has 0 bridgehead atoms. The zero-order valence-corrected chi connectivity index (χ0v) is 35.9. The van der Waals surface area contributed by atoms with Crippen molar-refractivity contribution in [3.63, 3.8) is 0 Å². The van der Waals surface area contributed by atoms with Gasteiger partial charge in [0.1, 0.15) is 0 Å². The quantitative estimate of drug-likeness (QED) is 0.0791. The summed E-state index contributed by atoms with van der Waals surface area (Å²) in [6.07, 6.45) is 0. The van der Waals surface area contributed by atoms with Crippen molar-refractivity contribution in [2.45, 2.75) is 6.92 Å². The average molecular weight is 853 g/mol. The van der Waals surface area contributed by atoms with Crippen molar-refractivity contribution < 1.29 is 90.0 Å². The van der Waals surface area contributed by atoms with Gasteiger partial charge in [-0.15, -0.1) is 0 Å². The highest BCUT2D eigenvalue weighted by Gasteiger charge is 1.98. The molecule has 0 aliphatic carbocycles. The number of hydrogen-bond donors (Lipinski definition) is 0. The van der Waals surface area contributed by atoms with Crippen molar-refractivity contribution >= 4 is 0 Å². The number of rotatable bonds is 55. The standard InChI is InChI=1S/C39H80O19/c1-3-41-6-7-43-10-11-45-14-15-47-18-19-49-22-23-51-26-27-53-30-31-55-34-35-57-38-39-58-37-36-56-33-32-54-29-28-52-25-24-50-21-20-48-17-16-46-13-12-44-9-8-42-5-4-40-2/h3-39H2,1-2H3. The second-order valence-corrected chi connectivity index (χ2v) is 11.6. The normalized spacial score (nSPS) is 11.7. The van der Waals surface area contributed by atoms with Crippen LogP contribution in [0.2, 0.25) is 0 Å². The zero-order chi connectivity index (χ0) is 41.6. The van der Waals surface area contributed by atoms with Crippen LogP contribution in [0.25, 0.3) is 0 Å². The topological polar surface area (TPSA) is 175 Å². The lowest BCUT2D eigenvalue weighted by molar-refractivity contribution is -0.0311. The fourth-order valence-corrected chi connectivity index (χ4v) is 4.03. The first kappa shape index (κ1) is 57.2. The minimum absolute atomic E-state index is 0.498. The minimum Gasteiger partial charge on any atom is -0.382 e. The molecule has 19 heteroatoms. The Morgan fingerprint density at radius 2 is 0.259 bits per heavy atom. The zero-order valence-electron chi connectivity index (χ0n) is 35.9. The summed E-state index contributed by atoms with van der Waals surface area (Å²) >= 11 is 0. The van der Waals surface area contributed by atoms with Crippen molar-refractivity contribution in [2.75, 3.05) is 252 Å². The van der Waals surface area contributed by atoms with Crippen LogP contribution in [-0.4, -0.2) is 252 Å². The van der Waals surface area contributed by atoms with Gasteiger partial charge in [-0.2, -0.15) is 0 Å². The highest BCUT2D eigenvalue weighted by atomic mass is 16.6. The molecule has 0 amide bonds. The predicted molar refractivity (Wildman–Crippen MR) is 212 cm³/mol. The van der Waals surface area contributed by atoms with Crippen LogP contribution in [0, 0.1) is 0 Å². The molecule has 0 N–H and O–H groups in total. The molecule has 19 nitrogen and oxygen atoms in total. The van der Waals surface area contributed by atoms with Crippen molar-refractivity contribution in [2.24, 2.45) is 0 Å². The van der Waals surface area contributed by atoms with Crippen LogP contribution in [0.15, 0.2) is 0 Å². The van der Waals surface area contributed by atoms with Crippen molar-refractivity contribution in [3.05, 3.63) is 0 Å². The van der Waals surface area contributed by atoms with Crippen LogP contribution in [-0.2, 0) is 90.0 Å². The molecule has 0 atom stereocenters. The van der Waals surface area contributed by atoms with Gasteiger partial charge in [0.25, 0.3) is 0 Å². The molecule has 0 aliphatic rings. The van der Waals surface area contributed by atoms with Crippen LogP contribution >= 0.6 is 0 Å². The maximum Gasteiger partial charge on any atom is 0.0701 e. The van der Waals surface area contributed by atoms with Gasteiger partial charge in [-0.25, -0.2) is 0 Å². The molecule has 0 rings (SSSR count). The molecular weight excluding hydrogens is 772 g/mol. The summed E-state index contributed by atoms with van der Waals surface area (Å²) < 4.78 is 103. The van der Waals surface area contributed by atoms with Gasteiger partial charge in [-0.3, -0.25) is 0 Å². The summed E-state index contributed by atoms with van der Waals surface area (Å²) in [5.74, 6) is 0. The minimum atomic E-state index is 0.498. The second-order valence-electron chi connectivity index (χ2n) is 11.6. The Morgan fingerprint density at radius 3 is 0.362 bits per heavy atom. The van der Waals surface area contributed by atoms with Crippen molar-refractivity contribution in [3.8, 4) is 0 Å². The second kappa shape index (κ2) is 56.2. The molecule has 0 aromatic rings. The van der Waals surface area contributed by atoms with Gasteiger partial charge in [0.05, 0.1) is 238 Å². The van der Waals surface area contributed by atoms with E-state index in [0.717, 1.165) is 0 Å². The maximum atomic E-state index is 5.50. The molecule has 0 heterocycles. The van der Waals surface area contributed by atoms with Crippen LogP contribution in [0.5, 0.6) is 0 Å². The summed E-state index contributed by atoms with van der Waals surface area (Å²) in [5, 5.41) is 0. The van der Waals surface area contributed by atoms with Crippen LogP contribution in [0.1, 0.15) is 6.92 Å². The Balaban J connectivity index is 3.05. The highest BCUT2D eigenvalue weighted by molar-refractivity contribution is 4.41. The van der Waals surface area contributed by atoms with E-state index in [1.54, 1.807) is 7.11 Å². The largest absolute Gasteiger partial charge is 0.382 e. The van der Waals surface area contributed by atoms with E-state index in [-0.39, 0.29) is 0 Å². The Bertz CT molecular complexity index is 647. The van der Waals surface area contributed by atoms with E-state index in [1.807, 2.05) is 6.92 Å². The van der Waals surface area contributed by atoms with Crippen molar-refractivity contribution in [1.29, 1.82) is 0 Å². The molecule has 0 saturated heterocycles. The lowest BCUT2D eigenvalue weighted by Gasteiger charge is -2.09. The van der Waals surface area contributed by atoms with Crippen LogP contribution in [0.4, 0.5) is 0 Å². The highest BCUT2D eigenvalue weighted by Crippen LogP contribution is 1.89. The Morgan fingerprint density at radius 1 is 0.155 bits per heavy atom. The molecule has 0 saturated carbocycles. The third-order valence-electron chi connectivity index (χ3n) is 6.96. The fourth-order valence-electron chi connectivity index (χ4n) is 4.03. The summed E-state index contributed by atoms with van der Waals surface area (Å²) in [7, 11) is 1.64. The van der Waals surface area contributed by atoms with Gasteiger partial charge in [-0.1, -0.05) is 0 Å².